The fraction of sp³-hybridized carbons (Fsp3) is 0.500. The Balaban J connectivity index is 1.87. The lowest BCUT2D eigenvalue weighted by atomic mass is 10.1. The number of hydrogen-bond donors (Lipinski definition) is 2. The molecule has 0 radical (unpaired) electrons. The van der Waals surface area contributed by atoms with Crippen molar-refractivity contribution in [3.63, 3.8) is 0 Å². The predicted molar refractivity (Wildman–Crippen MR) is 69.7 cm³/mol. The number of para-hydroxylation sites is 1. The molecule has 19 heavy (non-hydrogen) atoms. The number of benzene rings is 1. The Morgan fingerprint density at radius 3 is 2.79 bits per heavy atom. The highest BCUT2D eigenvalue weighted by molar-refractivity contribution is 5.84. The number of hydrogen-bond acceptors (Lipinski definition) is 3. The van der Waals surface area contributed by atoms with Crippen molar-refractivity contribution < 1.29 is 19.0 Å². The SMILES string of the molecule is O=C(Nc1ccccc1)O[C@@H]1CCC[C@H](O)C[C@H]1F. The van der Waals surface area contributed by atoms with Gasteiger partial charge < -0.3 is 9.84 Å². The van der Waals surface area contributed by atoms with Gasteiger partial charge in [0.05, 0.1) is 6.10 Å². The molecule has 0 spiro atoms. The molecule has 0 bridgehead atoms. The normalized spacial score (nSPS) is 27.4. The van der Waals surface area contributed by atoms with Gasteiger partial charge in [-0.05, 0) is 31.4 Å². The summed E-state index contributed by atoms with van der Waals surface area (Å²) in [7, 11) is 0. The third-order valence-corrected chi connectivity index (χ3v) is 3.21. The second kappa shape index (κ2) is 6.52. The molecule has 0 aliphatic heterocycles. The highest BCUT2D eigenvalue weighted by Crippen LogP contribution is 2.24. The van der Waals surface area contributed by atoms with Crippen molar-refractivity contribution in [1.82, 2.24) is 0 Å². The number of alkyl halides is 1. The maximum atomic E-state index is 13.8. The molecule has 1 aliphatic rings. The fourth-order valence-electron chi connectivity index (χ4n) is 2.20. The van der Waals surface area contributed by atoms with Crippen LogP contribution >= 0.6 is 0 Å². The molecular formula is C14H18FNO3. The Morgan fingerprint density at radius 2 is 2.05 bits per heavy atom. The average molecular weight is 267 g/mol. The van der Waals surface area contributed by atoms with E-state index in [4.69, 9.17) is 4.74 Å². The van der Waals surface area contributed by atoms with Crippen molar-refractivity contribution in [2.24, 2.45) is 0 Å². The van der Waals surface area contributed by atoms with E-state index in [1.54, 1.807) is 24.3 Å². The van der Waals surface area contributed by atoms with Crippen LogP contribution in [0.1, 0.15) is 25.7 Å². The van der Waals surface area contributed by atoms with Gasteiger partial charge in [0.1, 0.15) is 12.3 Å². The first-order valence-corrected chi connectivity index (χ1v) is 6.50. The first-order valence-electron chi connectivity index (χ1n) is 6.50. The number of aliphatic hydroxyl groups excluding tert-OH is 1. The first kappa shape index (κ1) is 13.8. The number of nitrogens with one attached hydrogen (secondary N) is 1. The number of carbonyl (C=O) groups excluding carboxylic acids is 1. The second-order valence-electron chi connectivity index (χ2n) is 4.77. The van der Waals surface area contributed by atoms with Gasteiger partial charge in [-0.2, -0.15) is 0 Å². The highest BCUT2D eigenvalue weighted by Gasteiger charge is 2.30. The van der Waals surface area contributed by atoms with E-state index in [2.05, 4.69) is 5.32 Å². The second-order valence-corrected chi connectivity index (χ2v) is 4.77. The molecule has 2 N–H and O–H groups in total. The third kappa shape index (κ3) is 4.21. The van der Waals surface area contributed by atoms with Crippen molar-refractivity contribution in [1.29, 1.82) is 0 Å². The van der Waals surface area contributed by atoms with E-state index < -0.39 is 24.5 Å². The Kier molecular flexibility index (Phi) is 4.74. The summed E-state index contributed by atoms with van der Waals surface area (Å²) >= 11 is 0. The van der Waals surface area contributed by atoms with Crippen molar-refractivity contribution in [2.75, 3.05) is 5.32 Å². The monoisotopic (exact) mass is 267 g/mol. The zero-order valence-corrected chi connectivity index (χ0v) is 10.6. The van der Waals surface area contributed by atoms with Crippen molar-refractivity contribution in [3.8, 4) is 0 Å². The van der Waals surface area contributed by atoms with Gasteiger partial charge in [0.25, 0.3) is 0 Å². The fourth-order valence-corrected chi connectivity index (χ4v) is 2.20. The molecular weight excluding hydrogens is 249 g/mol. The molecule has 1 aliphatic carbocycles. The summed E-state index contributed by atoms with van der Waals surface area (Å²) in [5.41, 5.74) is 0.608. The minimum atomic E-state index is -1.31. The largest absolute Gasteiger partial charge is 0.443 e. The van der Waals surface area contributed by atoms with Gasteiger partial charge >= 0.3 is 6.09 Å². The molecule has 0 heterocycles. The van der Waals surface area contributed by atoms with Gasteiger partial charge in [-0.15, -0.1) is 0 Å². The average Bonchev–Trinajstić information content (AvgIpc) is 2.52. The van der Waals surface area contributed by atoms with E-state index in [-0.39, 0.29) is 6.42 Å². The van der Waals surface area contributed by atoms with E-state index in [0.29, 0.717) is 24.9 Å². The van der Waals surface area contributed by atoms with E-state index in [1.807, 2.05) is 6.07 Å². The topological polar surface area (TPSA) is 58.6 Å². The lowest BCUT2D eigenvalue weighted by Crippen LogP contribution is -2.30. The van der Waals surface area contributed by atoms with Gasteiger partial charge in [0, 0.05) is 12.1 Å². The predicted octanol–water partition coefficient (Wildman–Crippen LogP) is 2.88. The molecule has 0 aromatic heterocycles. The van der Waals surface area contributed by atoms with Crippen molar-refractivity contribution in [2.45, 2.75) is 44.1 Å². The number of halogens is 1. The van der Waals surface area contributed by atoms with Crippen LogP contribution < -0.4 is 5.32 Å². The van der Waals surface area contributed by atoms with Gasteiger partial charge in [-0.3, -0.25) is 5.32 Å². The third-order valence-electron chi connectivity index (χ3n) is 3.21. The van der Waals surface area contributed by atoms with Crippen LogP contribution in [-0.2, 0) is 4.74 Å². The van der Waals surface area contributed by atoms with Crippen LogP contribution in [0.2, 0.25) is 0 Å². The minimum Gasteiger partial charge on any atom is -0.443 e. The summed E-state index contributed by atoms with van der Waals surface area (Å²) in [6, 6.07) is 8.86. The van der Waals surface area contributed by atoms with Crippen LogP contribution in [0.5, 0.6) is 0 Å². The molecule has 1 aromatic rings. The summed E-state index contributed by atoms with van der Waals surface area (Å²) in [6.07, 6.45) is -1.69. The Bertz CT molecular complexity index is 412. The highest BCUT2D eigenvalue weighted by atomic mass is 19.1. The van der Waals surface area contributed by atoms with Crippen LogP contribution in [0.4, 0.5) is 14.9 Å². The lowest BCUT2D eigenvalue weighted by Gasteiger charge is -2.19. The van der Waals surface area contributed by atoms with Gasteiger partial charge in [-0.1, -0.05) is 18.2 Å². The Hall–Kier alpha value is -1.62. The Morgan fingerprint density at radius 1 is 1.32 bits per heavy atom. The van der Waals surface area contributed by atoms with Crippen LogP contribution in [0.3, 0.4) is 0 Å². The summed E-state index contributed by atoms with van der Waals surface area (Å²) < 4.78 is 18.9. The quantitative estimate of drug-likeness (QED) is 0.810. The zero-order valence-electron chi connectivity index (χ0n) is 10.6. The zero-order chi connectivity index (χ0) is 13.7. The molecule has 0 saturated heterocycles. The minimum absolute atomic E-state index is 0.0310. The molecule has 0 unspecified atom stereocenters. The molecule has 1 fully saturated rings. The molecule has 3 atom stereocenters. The number of aliphatic hydroxyl groups is 1. The summed E-state index contributed by atoms with van der Waals surface area (Å²) in [4.78, 5) is 11.7. The van der Waals surface area contributed by atoms with Crippen molar-refractivity contribution in [3.05, 3.63) is 30.3 Å². The Labute approximate surface area is 111 Å². The van der Waals surface area contributed by atoms with Crippen LogP contribution in [0, 0.1) is 0 Å². The lowest BCUT2D eigenvalue weighted by molar-refractivity contribution is 0.0355. The van der Waals surface area contributed by atoms with E-state index in [1.165, 1.54) is 0 Å². The van der Waals surface area contributed by atoms with E-state index in [0.717, 1.165) is 0 Å². The molecule has 1 amide bonds. The summed E-state index contributed by atoms with van der Waals surface area (Å²) in [6.45, 7) is 0. The van der Waals surface area contributed by atoms with Crippen LogP contribution in [0.25, 0.3) is 0 Å². The van der Waals surface area contributed by atoms with Gasteiger partial charge in [0.2, 0.25) is 0 Å². The van der Waals surface area contributed by atoms with Crippen LogP contribution in [-0.4, -0.2) is 29.6 Å². The molecule has 1 saturated carbocycles. The summed E-state index contributed by atoms with van der Waals surface area (Å²) in [5, 5.41) is 12.0. The summed E-state index contributed by atoms with van der Waals surface area (Å²) in [5.74, 6) is 0. The maximum absolute atomic E-state index is 13.8. The van der Waals surface area contributed by atoms with Crippen LogP contribution in [0.15, 0.2) is 30.3 Å². The van der Waals surface area contributed by atoms with E-state index in [9.17, 15) is 14.3 Å². The molecule has 5 heteroatoms. The standard InChI is InChI=1S/C14H18FNO3/c15-12-9-11(17)7-4-8-13(12)19-14(18)16-10-5-2-1-3-6-10/h1-3,5-6,11-13,17H,4,7-9H2,(H,16,18)/t11-,12+,13+/m0/s1. The number of rotatable bonds is 2. The number of amides is 1. The van der Waals surface area contributed by atoms with Gasteiger partial charge in [-0.25, -0.2) is 9.18 Å². The molecule has 1 aromatic carbocycles. The number of ether oxygens (including phenoxy) is 1. The van der Waals surface area contributed by atoms with E-state index >= 15 is 0 Å². The molecule has 4 nitrogen and oxygen atoms in total. The maximum Gasteiger partial charge on any atom is 0.411 e. The van der Waals surface area contributed by atoms with Crippen molar-refractivity contribution >= 4 is 11.8 Å². The molecule has 2 rings (SSSR count). The van der Waals surface area contributed by atoms with Gasteiger partial charge in [0.15, 0.2) is 0 Å². The first-order chi connectivity index (χ1) is 9.15. The smallest absolute Gasteiger partial charge is 0.411 e. The molecule has 104 valence electrons. The number of carbonyl (C=O) groups is 1. The number of anilines is 1.